The number of nitrogens with zero attached hydrogens (tertiary/aromatic N) is 2. The van der Waals surface area contributed by atoms with E-state index in [0.29, 0.717) is 17.6 Å². The molecule has 1 saturated carbocycles. The summed E-state index contributed by atoms with van der Waals surface area (Å²) < 4.78 is 32.9. The van der Waals surface area contributed by atoms with Gasteiger partial charge in [0.25, 0.3) is 0 Å². The fourth-order valence-corrected chi connectivity index (χ4v) is 5.58. The number of hydrogen-bond donors (Lipinski definition) is 0. The molecule has 1 fully saturated rings. The average molecular weight is 367 g/mol. The van der Waals surface area contributed by atoms with Crippen molar-refractivity contribution >= 4 is 32.6 Å². The van der Waals surface area contributed by atoms with Crippen LogP contribution in [0.5, 0.6) is 0 Å². The number of aromatic nitrogens is 2. The maximum Gasteiger partial charge on any atom is 0.152 e. The van der Waals surface area contributed by atoms with Crippen molar-refractivity contribution in [1.82, 2.24) is 8.75 Å². The van der Waals surface area contributed by atoms with E-state index in [0.717, 1.165) is 43.1 Å². The SMILES string of the molecule is CC(C)S(=O)(=O)CC1CCC(CCc2cccc3nsnc23)CC1. The lowest BCUT2D eigenvalue weighted by Gasteiger charge is -2.28. The highest BCUT2D eigenvalue weighted by Gasteiger charge is 2.27. The highest BCUT2D eigenvalue weighted by molar-refractivity contribution is 7.91. The summed E-state index contributed by atoms with van der Waals surface area (Å²) in [5.41, 5.74) is 3.35. The third-order valence-electron chi connectivity index (χ3n) is 5.34. The largest absolute Gasteiger partial charge is 0.229 e. The topological polar surface area (TPSA) is 59.9 Å². The van der Waals surface area contributed by atoms with Crippen molar-refractivity contribution < 1.29 is 8.42 Å². The zero-order chi connectivity index (χ0) is 17.2. The minimum Gasteiger partial charge on any atom is -0.229 e. The maximum atomic E-state index is 12.1. The van der Waals surface area contributed by atoms with Gasteiger partial charge in [-0.2, -0.15) is 8.75 Å². The van der Waals surface area contributed by atoms with Gasteiger partial charge in [0.05, 0.1) is 22.7 Å². The summed E-state index contributed by atoms with van der Waals surface area (Å²) >= 11 is 1.28. The minimum absolute atomic E-state index is 0.248. The van der Waals surface area contributed by atoms with Crippen LogP contribution < -0.4 is 0 Å². The molecular weight excluding hydrogens is 340 g/mol. The Bertz CT molecular complexity index is 775. The van der Waals surface area contributed by atoms with Crippen molar-refractivity contribution in [3.63, 3.8) is 0 Å². The molecule has 0 aliphatic heterocycles. The molecule has 6 heteroatoms. The molecule has 0 unspecified atom stereocenters. The molecule has 1 aliphatic carbocycles. The van der Waals surface area contributed by atoms with Crippen molar-refractivity contribution in [2.24, 2.45) is 11.8 Å². The number of sulfone groups is 1. The first-order chi connectivity index (χ1) is 11.5. The molecule has 4 nitrogen and oxygen atoms in total. The fraction of sp³-hybridized carbons (Fsp3) is 0.667. The predicted molar refractivity (Wildman–Crippen MR) is 100 cm³/mol. The lowest BCUT2D eigenvalue weighted by Crippen LogP contribution is -2.26. The molecular formula is C18H26N2O2S2. The summed E-state index contributed by atoms with van der Waals surface area (Å²) in [6, 6.07) is 6.24. The first kappa shape index (κ1) is 17.8. The lowest BCUT2D eigenvalue weighted by atomic mass is 9.80. The van der Waals surface area contributed by atoms with E-state index in [1.165, 1.54) is 23.7 Å². The van der Waals surface area contributed by atoms with Crippen LogP contribution in [0.3, 0.4) is 0 Å². The Morgan fingerprint density at radius 1 is 1.12 bits per heavy atom. The van der Waals surface area contributed by atoms with E-state index >= 15 is 0 Å². The molecule has 0 bridgehead atoms. The van der Waals surface area contributed by atoms with Crippen LogP contribution in [0, 0.1) is 11.8 Å². The Balaban J connectivity index is 1.50. The summed E-state index contributed by atoms with van der Waals surface area (Å²) in [7, 11) is -2.90. The van der Waals surface area contributed by atoms with Gasteiger partial charge in [-0.15, -0.1) is 0 Å². The normalized spacial score (nSPS) is 22.3. The van der Waals surface area contributed by atoms with E-state index in [4.69, 9.17) is 0 Å². The first-order valence-electron chi connectivity index (χ1n) is 8.87. The Hall–Kier alpha value is -1.01. The van der Waals surface area contributed by atoms with Crippen LogP contribution in [0.15, 0.2) is 18.2 Å². The van der Waals surface area contributed by atoms with Crippen LogP contribution >= 0.6 is 11.7 Å². The van der Waals surface area contributed by atoms with E-state index < -0.39 is 9.84 Å². The third kappa shape index (κ3) is 4.14. The van der Waals surface area contributed by atoms with Crippen LogP contribution in [0.2, 0.25) is 0 Å². The quantitative estimate of drug-likeness (QED) is 0.766. The highest BCUT2D eigenvalue weighted by Crippen LogP contribution is 2.33. The molecule has 2 aromatic rings. The van der Waals surface area contributed by atoms with Crippen molar-refractivity contribution in [2.45, 2.75) is 57.6 Å². The van der Waals surface area contributed by atoms with Crippen molar-refractivity contribution in [1.29, 1.82) is 0 Å². The Morgan fingerprint density at radius 3 is 2.54 bits per heavy atom. The van der Waals surface area contributed by atoms with Crippen LogP contribution in [-0.2, 0) is 16.3 Å². The van der Waals surface area contributed by atoms with Crippen molar-refractivity contribution in [3.8, 4) is 0 Å². The summed E-state index contributed by atoms with van der Waals surface area (Å²) in [6.45, 7) is 3.57. The van der Waals surface area contributed by atoms with E-state index in [2.05, 4.69) is 20.9 Å². The standard InChI is InChI=1S/C18H26N2O2S2/c1-13(2)24(21,22)12-15-8-6-14(7-9-15)10-11-16-4-3-5-17-18(16)20-23-19-17/h3-5,13-15H,6-12H2,1-2H3. The monoisotopic (exact) mass is 366 g/mol. The molecule has 24 heavy (non-hydrogen) atoms. The molecule has 1 aromatic heterocycles. The van der Waals surface area contributed by atoms with Crippen LogP contribution in [-0.4, -0.2) is 28.2 Å². The molecule has 132 valence electrons. The van der Waals surface area contributed by atoms with Crippen LogP contribution in [0.4, 0.5) is 0 Å². The highest BCUT2D eigenvalue weighted by atomic mass is 32.2. The number of rotatable bonds is 6. The minimum atomic E-state index is -2.90. The second kappa shape index (κ2) is 7.48. The van der Waals surface area contributed by atoms with Crippen molar-refractivity contribution in [3.05, 3.63) is 23.8 Å². The van der Waals surface area contributed by atoms with Gasteiger partial charge in [0.1, 0.15) is 11.0 Å². The van der Waals surface area contributed by atoms with Gasteiger partial charge >= 0.3 is 0 Å². The summed E-state index contributed by atoms with van der Waals surface area (Å²) in [6.07, 6.45) is 6.63. The van der Waals surface area contributed by atoms with E-state index in [9.17, 15) is 8.42 Å². The number of benzene rings is 1. The number of hydrogen-bond acceptors (Lipinski definition) is 5. The lowest BCUT2D eigenvalue weighted by molar-refractivity contribution is 0.278. The zero-order valence-corrected chi connectivity index (χ0v) is 16.1. The van der Waals surface area contributed by atoms with E-state index in [1.807, 2.05) is 6.07 Å². The molecule has 1 aliphatic rings. The van der Waals surface area contributed by atoms with Gasteiger partial charge in [0.2, 0.25) is 0 Å². The Morgan fingerprint density at radius 2 is 1.83 bits per heavy atom. The van der Waals surface area contributed by atoms with E-state index in [1.54, 1.807) is 13.8 Å². The zero-order valence-electron chi connectivity index (χ0n) is 14.4. The third-order valence-corrected chi connectivity index (χ3v) is 8.26. The van der Waals surface area contributed by atoms with Gasteiger partial charge in [0.15, 0.2) is 9.84 Å². The molecule has 1 heterocycles. The summed E-state index contributed by atoms with van der Waals surface area (Å²) in [5, 5.41) is -0.248. The number of aryl methyl sites for hydroxylation is 1. The van der Waals surface area contributed by atoms with Gasteiger partial charge in [-0.25, -0.2) is 8.42 Å². The summed E-state index contributed by atoms with van der Waals surface area (Å²) in [5.74, 6) is 1.45. The molecule has 0 amide bonds. The number of fused-ring (bicyclic) bond motifs is 1. The van der Waals surface area contributed by atoms with Gasteiger partial charge in [-0.1, -0.05) is 25.0 Å². The van der Waals surface area contributed by atoms with Gasteiger partial charge < -0.3 is 0 Å². The van der Waals surface area contributed by atoms with Crippen molar-refractivity contribution in [2.75, 3.05) is 5.75 Å². The molecule has 3 rings (SSSR count). The average Bonchev–Trinajstić information content (AvgIpc) is 3.03. The second-order valence-electron chi connectivity index (χ2n) is 7.35. The van der Waals surface area contributed by atoms with Gasteiger partial charge in [0, 0.05) is 0 Å². The molecule has 0 N–H and O–H groups in total. The fourth-order valence-electron chi connectivity index (χ4n) is 3.63. The first-order valence-corrected chi connectivity index (χ1v) is 11.3. The summed E-state index contributed by atoms with van der Waals surface area (Å²) in [4.78, 5) is 0. The van der Waals surface area contributed by atoms with Crippen LogP contribution in [0.25, 0.3) is 11.0 Å². The molecule has 0 radical (unpaired) electrons. The molecule has 0 atom stereocenters. The predicted octanol–water partition coefficient (Wildman–Crippen LogP) is 4.25. The Kier molecular flexibility index (Phi) is 5.55. The van der Waals surface area contributed by atoms with E-state index in [-0.39, 0.29) is 5.25 Å². The van der Waals surface area contributed by atoms with Gasteiger partial charge in [-0.3, -0.25) is 0 Å². The van der Waals surface area contributed by atoms with Gasteiger partial charge in [-0.05, 0) is 63.0 Å². The smallest absolute Gasteiger partial charge is 0.152 e. The maximum absolute atomic E-state index is 12.1. The second-order valence-corrected chi connectivity index (χ2v) is 10.5. The Labute approximate surface area is 148 Å². The molecule has 1 aromatic carbocycles. The molecule has 0 spiro atoms. The van der Waals surface area contributed by atoms with Crippen LogP contribution in [0.1, 0.15) is 51.5 Å². The molecule has 0 saturated heterocycles.